The maximum absolute atomic E-state index is 11.7. The lowest BCUT2D eigenvalue weighted by Gasteiger charge is -2.08. The van der Waals surface area contributed by atoms with E-state index in [1.807, 2.05) is 54.6 Å². The first-order chi connectivity index (χ1) is 12.3. The van der Waals surface area contributed by atoms with Crippen LogP contribution in [0.1, 0.15) is 24.1 Å². The minimum absolute atomic E-state index is 0.156. The molecule has 0 saturated heterocycles. The van der Waals surface area contributed by atoms with Gasteiger partial charge < -0.3 is 9.47 Å². The van der Waals surface area contributed by atoms with Gasteiger partial charge in [0, 0.05) is 5.39 Å². The van der Waals surface area contributed by atoms with Crippen molar-refractivity contribution >= 4 is 16.9 Å². The van der Waals surface area contributed by atoms with E-state index in [1.165, 1.54) is 0 Å². The first-order valence-corrected chi connectivity index (χ1v) is 8.52. The molecule has 0 radical (unpaired) electrons. The van der Waals surface area contributed by atoms with Crippen LogP contribution in [0.5, 0.6) is 5.75 Å². The molecule has 4 heteroatoms. The van der Waals surface area contributed by atoms with E-state index in [2.05, 4.69) is 11.1 Å². The lowest BCUT2D eigenvalue weighted by molar-refractivity contribution is -0.144. The van der Waals surface area contributed by atoms with E-state index in [9.17, 15) is 4.79 Å². The molecule has 0 spiro atoms. The highest BCUT2D eigenvalue weighted by Crippen LogP contribution is 2.24. The number of ether oxygens (including phenoxy) is 2. The standard InChI is InChI=1S/C21H19NO3/c23-21(25-19-11-12-19)13-15-5-9-18(10-6-15)24-14-17-8-7-16-3-1-2-4-20(16)22-17/h1-10,19H,11-14H2. The van der Waals surface area contributed by atoms with Crippen molar-refractivity contribution in [3.8, 4) is 5.75 Å². The van der Waals surface area contributed by atoms with Gasteiger partial charge in [-0.1, -0.05) is 36.4 Å². The molecule has 1 heterocycles. The minimum Gasteiger partial charge on any atom is -0.487 e. The van der Waals surface area contributed by atoms with Crippen molar-refractivity contribution in [2.75, 3.05) is 0 Å². The number of aromatic nitrogens is 1. The summed E-state index contributed by atoms with van der Waals surface area (Å²) in [5.74, 6) is 0.603. The molecule has 4 nitrogen and oxygen atoms in total. The summed E-state index contributed by atoms with van der Waals surface area (Å²) in [6, 6.07) is 19.6. The van der Waals surface area contributed by atoms with Crippen LogP contribution in [-0.4, -0.2) is 17.1 Å². The summed E-state index contributed by atoms with van der Waals surface area (Å²) >= 11 is 0. The van der Waals surface area contributed by atoms with Crippen molar-refractivity contribution in [3.63, 3.8) is 0 Å². The summed E-state index contributed by atoms with van der Waals surface area (Å²) < 4.78 is 11.1. The van der Waals surface area contributed by atoms with Gasteiger partial charge in [0.05, 0.1) is 17.6 Å². The first kappa shape index (κ1) is 15.6. The molecule has 1 aromatic heterocycles. The van der Waals surface area contributed by atoms with Gasteiger partial charge in [-0.05, 0) is 42.7 Å². The maximum atomic E-state index is 11.7. The Balaban J connectivity index is 1.34. The zero-order valence-electron chi connectivity index (χ0n) is 13.9. The molecule has 0 unspecified atom stereocenters. The number of rotatable bonds is 6. The highest BCUT2D eigenvalue weighted by Gasteiger charge is 2.25. The predicted molar refractivity (Wildman–Crippen MR) is 95.3 cm³/mol. The number of para-hydroxylation sites is 1. The van der Waals surface area contributed by atoms with Gasteiger partial charge in [-0.2, -0.15) is 0 Å². The Kier molecular flexibility index (Phi) is 4.34. The SMILES string of the molecule is O=C(Cc1ccc(OCc2ccc3ccccc3n2)cc1)OC1CC1. The number of benzene rings is 2. The predicted octanol–water partition coefficient (Wildman–Crippen LogP) is 4.06. The van der Waals surface area contributed by atoms with Crippen LogP contribution in [0.4, 0.5) is 0 Å². The molecule has 1 saturated carbocycles. The fraction of sp³-hybridized carbons (Fsp3) is 0.238. The summed E-state index contributed by atoms with van der Waals surface area (Å²) in [7, 11) is 0. The lowest BCUT2D eigenvalue weighted by Crippen LogP contribution is -2.09. The third kappa shape index (κ3) is 4.15. The quantitative estimate of drug-likeness (QED) is 0.638. The molecular formula is C21H19NO3. The molecule has 0 N–H and O–H groups in total. The second-order valence-electron chi connectivity index (χ2n) is 6.29. The van der Waals surface area contributed by atoms with Crippen LogP contribution >= 0.6 is 0 Å². The molecular weight excluding hydrogens is 314 g/mol. The van der Waals surface area contributed by atoms with Crippen LogP contribution < -0.4 is 4.74 Å². The van der Waals surface area contributed by atoms with Crippen LogP contribution in [0, 0.1) is 0 Å². The molecule has 4 rings (SSSR count). The highest BCUT2D eigenvalue weighted by molar-refractivity contribution is 5.78. The highest BCUT2D eigenvalue weighted by atomic mass is 16.5. The van der Waals surface area contributed by atoms with Crippen molar-refractivity contribution in [2.24, 2.45) is 0 Å². The second kappa shape index (κ2) is 6.93. The van der Waals surface area contributed by atoms with Gasteiger partial charge in [0.25, 0.3) is 0 Å². The fourth-order valence-corrected chi connectivity index (χ4v) is 2.63. The molecule has 2 aromatic carbocycles. The molecule has 0 bridgehead atoms. The smallest absolute Gasteiger partial charge is 0.310 e. The van der Waals surface area contributed by atoms with Gasteiger partial charge in [-0.25, -0.2) is 4.98 Å². The van der Waals surface area contributed by atoms with E-state index in [1.54, 1.807) is 0 Å². The third-order valence-electron chi connectivity index (χ3n) is 4.14. The summed E-state index contributed by atoms with van der Waals surface area (Å²) in [6.07, 6.45) is 2.47. The van der Waals surface area contributed by atoms with Crippen LogP contribution in [0.15, 0.2) is 60.7 Å². The molecule has 25 heavy (non-hydrogen) atoms. The van der Waals surface area contributed by atoms with Crippen LogP contribution in [0.2, 0.25) is 0 Å². The van der Waals surface area contributed by atoms with Gasteiger partial charge in [-0.3, -0.25) is 4.79 Å². The van der Waals surface area contributed by atoms with Crippen LogP contribution in [-0.2, 0) is 22.6 Å². The zero-order chi connectivity index (χ0) is 17.1. The summed E-state index contributed by atoms with van der Waals surface area (Å²) in [6.45, 7) is 0.411. The maximum Gasteiger partial charge on any atom is 0.310 e. The van der Waals surface area contributed by atoms with Crippen molar-refractivity contribution in [3.05, 3.63) is 71.9 Å². The van der Waals surface area contributed by atoms with E-state index in [4.69, 9.17) is 9.47 Å². The zero-order valence-corrected chi connectivity index (χ0v) is 13.9. The van der Waals surface area contributed by atoms with E-state index < -0.39 is 0 Å². The Labute approximate surface area is 146 Å². The largest absolute Gasteiger partial charge is 0.487 e. The fourth-order valence-electron chi connectivity index (χ4n) is 2.63. The van der Waals surface area contributed by atoms with Crippen LogP contribution in [0.3, 0.4) is 0 Å². The number of hydrogen-bond acceptors (Lipinski definition) is 4. The molecule has 1 aliphatic carbocycles. The van der Waals surface area contributed by atoms with Gasteiger partial charge in [0.15, 0.2) is 0 Å². The molecule has 0 amide bonds. The number of carbonyl (C=O) groups is 1. The average molecular weight is 333 g/mol. The van der Waals surface area contributed by atoms with Gasteiger partial charge in [-0.15, -0.1) is 0 Å². The van der Waals surface area contributed by atoms with E-state index in [0.29, 0.717) is 13.0 Å². The number of fused-ring (bicyclic) bond motifs is 1. The number of esters is 1. The van der Waals surface area contributed by atoms with Gasteiger partial charge in [0.2, 0.25) is 0 Å². The average Bonchev–Trinajstić information content (AvgIpc) is 3.45. The van der Waals surface area contributed by atoms with E-state index in [0.717, 1.165) is 40.8 Å². The second-order valence-corrected chi connectivity index (χ2v) is 6.29. The molecule has 1 fully saturated rings. The molecule has 0 atom stereocenters. The number of nitrogens with zero attached hydrogens (tertiary/aromatic N) is 1. The number of hydrogen-bond donors (Lipinski definition) is 0. The monoisotopic (exact) mass is 333 g/mol. The van der Waals surface area contributed by atoms with E-state index in [-0.39, 0.29) is 12.1 Å². The number of pyridine rings is 1. The van der Waals surface area contributed by atoms with Crippen molar-refractivity contribution in [2.45, 2.75) is 32.0 Å². The van der Waals surface area contributed by atoms with Crippen molar-refractivity contribution in [1.82, 2.24) is 4.98 Å². The molecule has 3 aromatic rings. The summed E-state index contributed by atoms with van der Waals surface area (Å²) in [5.41, 5.74) is 2.78. The van der Waals surface area contributed by atoms with Gasteiger partial charge in [0.1, 0.15) is 18.5 Å². The van der Waals surface area contributed by atoms with Crippen LogP contribution in [0.25, 0.3) is 10.9 Å². The summed E-state index contributed by atoms with van der Waals surface area (Å²) in [5, 5.41) is 1.12. The Hall–Kier alpha value is -2.88. The third-order valence-corrected chi connectivity index (χ3v) is 4.14. The molecule has 1 aliphatic rings. The summed E-state index contributed by atoms with van der Waals surface area (Å²) in [4.78, 5) is 16.3. The van der Waals surface area contributed by atoms with Crippen molar-refractivity contribution in [1.29, 1.82) is 0 Å². The van der Waals surface area contributed by atoms with E-state index >= 15 is 0 Å². The first-order valence-electron chi connectivity index (χ1n) is 8.52. The molecule has 0 aliphatic heterocycles. The Morgan fingerprint density at radius 1 is 1.00 bits per heavy atom. The number of carbonyl (C=O) groups excluding carboxylic acids is 1. The topological polar surface area (TPSA) is 48.4 Å². The Bertz CT molecular complexity index is 885. The van der Waals surface area contributed by atoms with Gasteiger partial charge >= 0.3 is 5.97 Å². The molecule has 126 valence electrons. The normalized spacial score (nSPS) is 13.6. The minimum atomic E-state index is -0.156. The lowest BCUT2D eigenvalue weighted by atomic mass is 10.1. The van der Waals surface area contributed by atoms with Crippen molar-refractivity contribution < 1.29 is 14.3 Å². The Morgan fingerprint density at radius 3 is 2.60 bits per heavy atom. The Morgan fingerprint density at radius 2 is 1.80 bits per heavy atom.